The van der Waals surface area contributed by atoms with E-state index in [1.165, 1.54) is 18.4 Å². The zero-order chi connectivity index (χ0) is 15.2. The molecule has 4 nitrogen and oxygen atoms in total. The van der Waals surface area contributed by atoms with Gasteiger partial charge >= 0.3 is 0 Å². The Hall–Kier alpha value is -0.780. The molecule has 1 N–H and O–H groups in total. The molecule has 1 fully saturated rings. The van der Waals surface area contributed by atoms with Crippen molar-refractivity contribution >= 4 is 15.9 Å². The number of hydrogen-bond acceptors (Lipinski definition) is 4. The van der Waals surface area contributed by atoms with Gasteiger partial charge in [-0.3, -0.25) is 4.90 Å². The number of rotatable bonds is 7. The summed E-state index contributed by atoms with van der Waals surface area (Å²) in [5.41, 5.74) is 1.23. The minimum absolute atomic E-state index is 0.629. The SMILES string of the molecule is CCN(Cc1cc(OC)c(OC)cc1Br)CC1CCCN1. The zero-order valence-electron chi connectivity index (χ0n) is 13.1. The van der Waals surface area contributed by atoms with Crippen molar-refractivity contribution < 1.29 is 9.47 Å². The largest absolute Gasteiger partial charge is 0.493 e. The molecule has 118 valence electrons. The lowest BCUT2D eigenvalue weighted by Crippen LogP contribution is -2.37. The van der Waals surface area contributed by atoms with Gasteiger partial charge in [0.2, 0.25) is 0 Å². The molecule has 1 saturated heterocycles. The first kappa shape index (κ1) is 16.6. The number of methoxy groups -OCH3 is 2. The summed E-state index contributed by atoms with van der Waals surface area (Å²) in [5, 5.41) is 3.56. The van der Waals surface area contributed by atoms with Gasteiger partial charge in [-0.1, -0.05) is 22.9 Å². The number of benzene rings is 1. The van der Waals surface area contributed by atoms with Crippen LogP contribution >= 0.6 is 15.9 Å². The van der Waals surface area contributed by atoms with Gasteiger partial charge in [-0.05, 0) is 43.6 Å². The van der Waals surface area contributed by atoms with E-state index >= 15 is 0 Å². The van der Waals surface area contributed by atoms with Crippen LogP contribution in [0.2, 0.25) is 0 Å². The highest BCUT2D eigenvalue weighted by Gasteiger charge is 2.18. The molecule has 0 spiro atoms. The Morgan fingerprint density at radius 2 is 2.00 bits per heavy atom. The summed E-state index contributed by atoms with van der Waals surface area (Å²) >= 11 is 3.64. The lowest BCUT2D eigenvalue weighted by molar-refractivity contribution is 0.252. The second-order valence-electron chi connectivity index (χ2n) is 5.42. The molecular weight excluding hydrogens is 332 g/mol. The van der Waals surface area contributed by atoms with Crippen molar-refractivity contribution in [2.45, 2.75) is 32.4 Å². The number of hydrogen-bond donors (Lipinski definition) is 1. The summed E-state index contributed by atoms with van der Waals surface area (Å²) in [6, 6.07) is 4.67. The van der Waals surface area contributed by atoms with Crippen LogP contribution in [0.4, 0.5) is 0 Å². The molecule has 21 heavy (non-hydrogen) atoms. The first-order valence-electron chi connectivity index (χ1n) is 7.54. The fourth-order valence-electron chi connectivity index (χ4n) is 2.79. The van der Waals surface area contributed by atoms with Crippen LogP contribution in [0, 0.1) is 0 Å². The average Bonchev–Trinajstić information content (AvgIpc) is 3.00. The minimum Gasteiger partial charge on any atom is -0.493 e. The van der Waals surface area contributed by atoms with Gasteiger partial charge in [0.05, 0.1) is 14.2 Å². The molecule has 1 aromatic rings. The molecule has 0 aromatic heterocycles. The van der Waals surface area contributed by atoms with Crippen LogP contribution in [0.5, 0.6) is 11.5 Å². The third-order valence-electron chi connectivity index (χ3n) is 4.03. The van der Waals surface area contributed by atoms with Crippen LogP contribution in [0.25, 0.3) is 0 Å². The first-order chi connectivity index (χ1) is 10.2. The summed E-state index contributed by atoms with van der Waals surface area (Å²) in [6.07, 6.45) is 2.58. The van der Waals surface area contributed by atoms with E-state index in [1.54, 1.807) is 14.2 Å². The van der Waals surface area contributed by atoms with Crippen molar-refractivity contribution in [3.63, 3.8) is 0 Å². The van der Waals surface area contributed by atoms with Crippen molar-refractivity contribution in [3.8, 4) is 11.5 Å². The fourth-order valence-corrected chi connectivity index (χ4v) is 3.24. The standard InChI is InChI=1S/C16H25BrN2O2/c1-4-19(11-13-6-5-7-18-13)10-12-8-15(20-2)16(21-3)9-14(12)17/h8-9,13,18H,4-7,10-11H2,1-3H3. The van der Waals surface area contributed by atoms with E-state index in [-0.39, 0.29) is 0 Å². The maximum Gasteiger partial charge on any atom is 0.161 e. The van der Waals surface area contributed by atoms with Crippen molar-refractivity contribution in [2.24, 2.45) is 0 Å². The van der Waals surface area contributed by atoms with Crippen molar-refractivity contribution in [3.05, 3.63) is 22.2 Å². The van der Waals surface area contributed by atoms with Gasteiger partial charge in [0, 0.05) is 23.6 Å². The van der Waals surface area contributed by atoms with Crippen LogP contribution in [0.15, 0.2) is 16.6 Å². The van der Waals surface area contributed by atoms with Crippen molar-refractivity contribution in [1.82, 2.24) is 10.2 Å². The molecule has 0 saturated carbocycles. The predicted molar refractivity (Wildman–Crippen MR) is 89.2 cm³/mol. The zero-order valence-corrected chi connectivity index (χ0v) is 14.7. The van der Waals surface area contributed by atoms with Crippen LogP contribution in [-0.4, -0.2) is 44.8 Å². The van der Waals surface area contributed by atoms with E-state index in [0.717, 1.165) is 42.2 Å². The molecule has 0 bridgehead atoms. The molecule has 0 aliphatic carbocycles. The highest BCUT2D eigenvalue weighted by atomic mass is 79.9. The molecule has 5 heteroatoms. The second-order valence-corrected chi connectivity index (χ2v) is 6.27. The summed E-state index contributed by atoms with van der Waals surface area (Å²) in [7, 11) is 3.34. The average molecular weight is 357 g/mol. The monoisotopic (exact) mass is 356 g/mol. The van der Waals surface area contributed by atoms with Gasteiger partial charge in [-0.2, -0.15) is 0 Å². The lowest BCUT2D eigenvalue weighted by atomic mass is 10.1. The van der Waals surface area contributed by atoms with E-state index in [4.69, 9.17) is 9.47 Å². The van der Waals surface area contributed by atoms with Gasteiger partial charge in [0.25, 0.3) is 0 Å². The molecular formula is C16H25BrN2O2. The summed E-state index contributed by atoms with van der Waals surface area (Å²) in [4.78, 5) is 2.47. The number of nitrogens with zero attached hydrogens (tertiary/aromatic N) is 1. The van der Waals surface area contributed by atoms with E-state index in [9.17, 15) is 0 Å². The van der Waals surface area contributed by atoms with E-state index in [1.807, 2.05) is 6.07 Å². The van der Waals surface area contributed by atoms with E-state index < -0.39 is 0 Å². The molecule has 2 rings (SSSR count). The summed E-state index contributed by atoms with van der Waals surface area (Å²) in [6.45, 7) is 6.41. The Morgan fingerprint density at radius 3 is 2.57 bits per heavy atom. The second kappa shape index (κ2) is 8.01. The van der Waals surface area contributed by atoms with Gasteiger partial charge in [0.1, 0.15) is 0 Å². The van der Waals surface area contributed by atoms with Crippen LogP contribution in [-0.2, 0) is 6.54 Å². The number of likely N-dealkylation sites (N-methyl/N-ethyl adjacent to an activating group) is 1. The smallest absolute Gasteiger partial charge is 0.161 e. The van der Waals surface area contributed by atoms with E-state index in [2.05, 4.69) is 39.1 Å². The van der Waals surface area contributed by atoms with Crippen LogP contribution in [0.1, 0.15) is 25.3 Å². The Kier molecular flexibility index (Phi) is 6.33. The normalized spacial score (nSPS) is 18.2. The van der Waals surface area contributed by atoms with Gasteiger partial charge in [0.15, 0.2) is 11.5 Å². The third-order valence-corrected chi connectivity index (χ3v) is 4.77. The Balaban J connectivity index is 2.08. The Labute approximate surface area is 135 Å². The number of ether oxygens (including phenoxy) is 2. The fraction of sp³-hybridized carbons (Fsp3) is 0.625. The molecule has 1 aromatic carbocycles. The van der Waals surface area contributed by atoms with Crippen LogP contribution in [0.3, 0.4) is 0 Å². The Bertz CT molecular complexity index is 462. The maximum absolute atomic E-state index is 5.40. The molecule has 0 amide bonds. The molecule has 0 radical (unpaired) electrons. The number of halogens is 1. The maximum atomic E-state index is 5.40. The molecule has 1 heterocycles. The van der Waals surface area contributed by atoms with Gasteiger partial charge in [-0.25, -0.2) is 0 Å². The van der Waals surface area contributed by atoms with Crippen molar-refractivity contribution in [2.75, 3.05) is 33.9 Å². The predicted octanol–water partition coefficient (Wildman–Crippen LogP) is 3.04. The van der Waals surface area contributed by atoms with E-state index in [0.29, 0.717) is 6.04 Å². The highest BCUT2D eigenvalue weighted by molar-refractivity contribution is 9.10. The molecule has 1 aliphatic heterocycles. The highest BCUT2D eigenvalue weighted by Crippen LogP contribution is 2.33. The Morgan fingerprint density at radius 1 is 1.29 bits per heavy atom. The number of nitrogens with one attached hydrogen (secondary N) is 1. The quantitative estimate of drug-likeness (QED) is 0.813. The first-order valence-corrected chi connectivity index (χ1v) is 8.33. The molecule has 1 unspecified atom stereocenters. The van der Waals surface area contributed by atoms with Gasteiger partial charge < -0.3 is 14.8 Å². The molecule has 1 aliphatic rings. The third kappa shape index (κ3) is 4.34. The van der Waals surface area contributed by atoms with Crippen LogP contribution < -0.4 is 14.8 Å². The minimum atomic E-state index is 0.629. The summed E-state index contributed by atoms with van der Waals surface area (Å²) in [5.74, 6) is 1.54. The summed E-state index contributed by atoms with van der Waals surface area (Å²) < 4.78 is 11.8. The van der Waals surface area contributed by atoms with Crippen molar-refractivity contribution in [1.29, 1.82) is 0 Å². The van der Waals surface area contributed by atoms with Gasteiger partial charge in [-0.15, -0.1) is 0 Å². The lowest BCUT2D eigenvalue weighted by Gasteiger charge is -2.25. The molecule has 1 atom stereocenters. The topological polar surface area (TPSA) is 33.7 Å².